The maximum atomic E-state index is 12.3. The normalized spacial score (nSPS) is 23.8. The Bertz CT molecular complexity index is 580. The summed E-state index contributed by atoms with van der Waals surface area (Å²) in [4.78, 5) is 14.7. The zero-order valence-electron chi connectivity index (χ0n) is 14.1. The van der Waals surface area contributed by atoms with E-state index in [1.54, 1.807) is 0 Å². The molecule has 0 aromatic heterocycles. The number of benzene rings is 1. The third kappa shape index (κ3) is 4.29. The lowest BCUT2D eigenvalue weighted by Crippen LogP contribution is -2.37. The van der Waals surface area contributed by atoms with Gasteiger partial charge in [0.15, 0.2) is 0 Å². The minimum atomic E-state index is -0.189. The van der Waals surface area contributed by atoms with Crippen LogP contribution in [0.25, 0.3) is 0 Å². The van der Waals surface area contributed by atoms with Gasteiger partial charge in [-0.05, 0) is 31.4 Å². The Labute approximate surface area is 143 Å². The van der Waals surface area contributed by atoms with Crippen LogP contribution in [-0.4, -0.2) is 36.9 Å². The van der Waals surface area contributed by atoms with Crippen LogP contribution in [0.3, 0.4) is 0 Å². The molecular formula is C19H27N3O2. The quantitative estimate of drug-likeness (QED) is 0.744. The fourth-order valence-corrected chi connectivity index (χ4v) is 3.51. The first-order chi connectivity index (χ1) is 11.8. The lowest BCUT2D eigenvalue weighted by molar-refractivity contribution is 0.238. The lowest BCUT2D eigenvalue weighted by Gasteiger charge is -2.25. The van der Waals surface area contributed by atoms with Gasteiger partial charge in [-0.3, -0.25) is 0 Å². The molecule has 0 saturated carbocycles. The Hall–Kier alpha value is -2.01. The highest BCUT2D eigenvalue weighted by Gasteiger charge is 2.20. The van der Waals surface area contributed by atoms with E-state index in [1.807, 2.05) is 30.4 Å². The van der Waals surface area contributed by atoms with Gasteiger partial charge in [0.25, 0.3) is 0 Å². The number of anilines is 2. The Kier molecular flexibility index (Phi) is 5.75. The van der Waals surface area contributed by atoms with Crippen LogP contribution in [0.4, 0.5) is 16.2 Å². The molecule has 1 aromatic carbocycles. The highest BCUT2D eigenvalue weighted by atomic mass is 16.3. The highest BCUT2D eigenvalue weighted by Crippen LogP contribution is 2.28. The maximum absolute atomic E-state index is 12.3. The summed E-state index contributed by atoms with van der Waals surface area (Å²) in [5.74, 6) is 0.152. The monoisotopic (exact) mass is 329 g/mol. The molecule has 5 nitrogen and oxygen atoms in total. The molecule has 0 unspecified atom stereocenters. The molecule has 1 aliphatic carbocycles. The van der Waals surface area contributed by atoms with Crippen molar-refractivity contribution in [2.45, 2.75) is 38.1 Å². The van der Waals surface area contributed by atoms with E-state index in [2.05, 4.69) is 21.6 Å². The second-order valence-corrected chi connectivity index (χ2v) is 6.69. The SMILES string of the molecule is O=C(Nc1ccccc1N1CCCCCC1)N[C@@H]1C=C[C@H](CO)C1. The van der Waals surface area contributed by atoms with Gasteiger partial charge in [-0.25, -0.2) is 4.79 Å². The molecule has 1 heterocycles. The third-order valence-corrected chi connectivity index (χ3v) is 4.82. The minimum absolute atomic E-state index is 0.00695. The topological polar surface area (TPSA) is 64.6 Å². The Morgan fingerprint density at radius 1 is 1.12 bits per heavy atom. The van der Waals surface area contributed by atoms with E-state index in [9.17, 15) is 9.90 Å². The van der Waals surface area contributed by atoms with Crippen molar-refractivity contribution in [2.75, 3.05) is 29.9 Å². The second-order valence-electron chi connectivity index (χ2n) is 6.69. The molecule has 2 aliphatic rings. The van der Waals surface area contributed by atoms with Gasteiger partial charge in [0, 0.05) is 31.7 Å². The van der Waals surface area contributed by atoms with Gasteiger partial charge in [0.2, 0.25) is 0 Å². The standard InChI is InChI=1S/C19H27N3O2/c23-14-15-9-10-16(13-15)20-19(24)21-17-7-3-4-8-18(17)22-11-5-1-2-6-12-22/h3-4,7-10,15-16,23H,1-2,5-6,11-14H2,(H2,20,21,24)/t15-,16+/m0/s1. The van der Waals surface area contributed by atoms with E-state index in [0.717, 1.165) is 30.9 Å². The van der Waals surface area contributed by atoms with Crippen molar-refractivity contribution < 1.29 is 9.90 Å². The van der Waals surface area contributed by atoms with Crippen molar-refractivity contribution in [3.05, 3.63) is 36.4 Å². The fraction of sp³-hybridized carbons (Fsp3) is 0.526. The molecule has 24 heavy (non-hydrogen) atoms. The summed E-state index contributed by atoms with van der Waals surface area (Å²) in [5.41, 5.74) is 1.96. The number of hydrogen-bond acceptors (Lipinski definition) is 3. The number of aliphatic hydroxyl groups is 1. The van der Waals surface area contributed by atoms with Gasteiger partial charge in [-0.2, -0.15) is 0 Å². The van der Waals surface area contributed by atoms with Crippen LogP contribution in [0.5, 0.6) is 0 Å². The van der Waals surface area contributed by atoms with Gasteiger partial charge < -0.3 is 20.6 Å². The molecule has 1 aromatic rings. The van der Waals surface area contributed by atoms with Crippen LogP contribution in [-0.2, 0) is 0 Å². The lowest BCUT2D eigenvalue weighted by atomic mass is 10.1. The molecule has 1 aliphatic heterocycles. The van der Waals surface area contributed by atoms with E-state index < -0.39 is 0 Å². The number of carbonyl (C=O) groups is 1. The molecule has 2 atom stereocenters. The Balaban J connectivity index is 1.62. The van der Waals surface area contributed by atoms with Gasteiger partial charge in [-0.1, -0.05) is 37.1 Å². The number of rotatable bonds is 4. The molecule has 1 saturated heterocycles. The van der Waals surface area contributed by atoms with Crippen molar-refractivity contribution in [1.29, 1.82) is 0 Å². The van der Waals surface area contributed by atoms with Crippen LogP contribution in [0.15, 0.2) is 36.4 Å². The molecule has 3 N–H and O–H groups in total. The molecule has 130 valence electrons. The van der Waals surface area contributed by atoms with Crippen molar-refractivity contribution >= 4 is 17.4 Å². The number of nitrogens with one attached hydrogen (secondary N) is 2. The number of aliphatic hydroxyl groups excluding tert-OH is 1. The van der Waals surface area contributed by atoms with Gasteiger partial charge in [0.1, 0.15) is 0 Å². The van der Waals surface area contributed by atoms with E-state index in [-0.39, 0.29) is 24.6 Å². The minimum Gasteiger partial charge on any atom is -0.396 e. The summed E-state index contributed by atoms with van der Waals surface area (Å²) in [7, 11) is 0. The number of para-hydroxylation sites is 2. The van der Waals surface area contributed by atoms with E-state index in [0.29, 0.717) is 0 Å². The van der Waals surface area contributed by atoms with Crippen LogP contribution in [0, 0.1) is 5.92 Å². The largest absolute Gasteiger partial charge is 0.396 e. The number of nitrogens with zero attached hydrogens (tertiary/aromatic N) is 1. The molecule has 2 amide bonds. The van der Waals surface area contributed by atoms with Crippen LogP contribution in [0.2, 0.25) is 0 Å². The fourth-order valence-electron chi connectivity index (χ4n) is 3.51. The number of carbonyl (C=O) groups excluding carboxylic acids is 1. The molecular weight excluding hydrogens is 302 g/mol. The molecule has 0 bridgehead atoms. The molecule has 1 fully saturated rings. The summed E-state index contributed by atoms with van der Waals surface area (Å²) in [5, 5.41) is 15.1. The van der Waals surface area contributed by atoms with Crippen molar-refractivity contribution in [3.63, 3.8) is 0 Å². The third-order valence-electron chi connectivity index (χ3n) is 4.82. The molecule has 0 spiro atoms. The zero-order chi connectivity index (χ0) is 16.8. The Morgan fingerprint density at radius 2 is 1.88 bits per heavy atom. The smallest absolute Gasteiger partial charge is 0.319 e. The van der Waals surface area contributed by atoms with E-state index >= 15 is 0 Å². The van der Waals surface area contributed by atoms with Gasteiger partial charge in [-0.15, -0.1) is 0 Å². The first kappa shape index (κ1) is 16.8. The summed E-state index contributed by atoms with van der Waals surface area (Å²) in [6.45, 7) is 2.22. The summed E-state index contributed by atoms with van der Waals surface area (Å²) in [6, 6.07) is 7.82. The zero-order valence-corrected chi connectivity index (χ0v) is 14.1. The van der Waals surface area contributed by atoms with Crippen molar-refractivity contribution in [1.82, 2.24) is 5.32 Å². The molecule has 5 heteroatoms. The maximum Gasteiger partial charge on any atom is 0.319 e. The Morgan fingerprint density at radius 3 is 2.58 bits per heavy atom. The molecule has 3 rings (SSSR count). The number of urea groups is 1. The average molecular weight is 329 g/mol. The van der Waals surface area contributed by atoms with Gasteiger partial charge >= 0.3 is 6.03 Å². The second kappa shape index (κ2) is 8.20. The summed E-state index contributed by atoms with van der Waals surface area (Å²) in [6.07, 6.45) is 9.67. The van der Waals surface area contributed by atoms with Gasteiger partial charge in [0.05, 0.1) is 11.4 Å². The predicted octanol–water partition coefficient (Wildman–Crippen LogP) is 3.13. The number of hydrogen-bond donors (Lipinski definition) is 3. The predicted molar refractivity (Wildman–Crippen MR) is 97.4 cm³/mol. The van der Waals surface area contributed by atoms with Crippen LogP contribution < -0.4 is 15.5 Å². The molecule has 0 radical (unpaired) electrons. The highest BCUT2D eigenvalue weighted by molar-refractivity contribution is 5.93. The average Bonchev–Trinajstić information content (AvgIpc) is 2.87. The summed E-state index contributed by atoms with van der Waals surface area (Å²) < 4.78 is 0. The van der Waals surface area contributed by atoms with E-state index in [1.165, 1.54) is 25.7 Å². The van der Waals surface area contributed by atoms with E-state index in [4.69, 9.17) is 0 Å². The first-order valence-electron chi connectivity index (χ1n) is 8.97. The van der Waals surface area contributed by atoms with Crippen LogP contribution in [0.1, 0.15) is 32.1 Å². The van der Waals surface area contributed by atoms with Crippen molar-refractivity contribution in [3.8, 4) is 0 Å². The van der Waals surface area contributed by atoms with Crippen molar-refractivity contribution in [2.24, 2.45) is 5.92 Å². The number of amides is 2. The summed E-state index contributed by atoms with van der Waals surface area (Å²) >= 11 is 0. The van der Waals surface area contributed by atoms with Crippen LogP contribution >= 0.6 is 0 Å². The first-order valence-corrected chi connectivity index (χ1v) is 8.97.